The Hall–Kier alpha value is -4.63. The molecule has 8 nitrogen and oxygen atoms in total. The topological polar surface area (TPSA) is 91.2 Å². The molecule has 0 aliphatic rings. The maximum atomic E-state index is 12.8. The maximum absolute atomic E-state index is 12.8. The van der Waals surface area contributed by atoms with Crippen LogP contribution in [0, 0.1) is 0 Å². The molecular weight excluding hydrogens is 498 g/mol. The molecule has 0 saturated carbocycles. The number of anilines is 1. The number of nitrogens with one attached hydrogen (secondary N) is 1. The van der Waals surface area contributed by atoms with Crippen LogP contribution in [0.2, 0.25) is 0 Å². The van der Waals surface area contributed by atoms with Gasteiger partial charge in [-0.25, -0.2) is 0 Å². The SMILES string of the molecule is CCOc1ccc(-n2c(SCC(=O)Nc3ccc(Oc4ccccc4)cc3)nnc2-c2ccncc2)cc1. The summed E-state index contributed by atoms with van der Waals surface area (Å²) < 4.78 is 13.3. The highest BCUT2D eigenvalue weighted by Crippen LogP contribution is 2.29. The third kappa shape index (κ3) is 6.19. The highest BCUT2D eigenvalue weighted by molar-refractivity contribution is 7.99. The van der Waals surface area contributed by atoms with Gasteiger partial charge in [-0.05, 0) is 79.7 Å². The summed E-state index contributed by atoms with van der Waals surface area (Å²) in [5.41, 5.74) is 2.42. The predicted molar refractivity (Wildman–Crippen MR) is 148 cm³/mol. The summed E-state index contributed by atoms with van der Waals surface area (Å²) >= 11 is 1.31. The van der Waals surface area contributed by atoms with Crippen molar-refractivity contribution in [3.05, 3.63) is 103 Å². The molecule has 0 atom stereocenters. The molecule has 190 valence electrons. The fraction of sp³-hybridized carbons (Fsp3) is 0.103. The molecule has 0 spiro atoms. The van der Waals surface area contributed by atoms with E-state index in [0.29, 0.717) is 29.0 Å². The minimum atomic E-state index is -0.154. The van der Waals surface area contributed by atoms with Gasteiger partial charge < -0.3 is 14.8 Å². The highest BCUT2D eigenvalue weighted by atomic mass is 32.2. The number of hydrogen-bond donors (Lipinski definition) is 1. The maximum Gasteiger partial charge on any atom is 0.234 e. The number of rotatable bonds is 10. The summed E-state index contributed by atoms with van der Waals surface area (Å²) in [7, 11) is 0. The number of aromatic nitrogens is 4. The Kier molecular flexibility index (Phi) is 7.95. The summed E-state index contributed by atoms with van der Waals surface area (Å²) in [5.74, 6) is 2.89. The number of para-hydroxylation sites is 1. The monoisotopic (exact) mass is 523 g/mol. The number of carbonyl (C=O) groups excluding carboxylic acids is 1. The lowest BCUT2D eigenvalue weighted by molar-refractivity contribution is -0.113. The van der Waals surface area contributed by atoms with Crippen molar-refractivity contribution < 1.29 is 14.3 Å². The van der Waals surface area contributed by atoms with Gasteiger partial charge in [-0.3, -0.25) is 14.3 Å². The molecule has 1 amide bonds. The van der Waals surface area contributed by atoms with E-state index in [4.69, 9.17) is 9.47 Å². The second kappa shape index (κ2) is 12.1. The predicted octanol–water partition coefficient (Wildman–Crippen LogP) is 6.25. The summed E-state index contributed by atoms with van der Waals surface area (Å²) in [4.78, 5) is 16.9. The molecule has 1 N–H and O–H groups in total. The minimum Gasteiger partial charge on any atom is -0.494 e. The smallest absolute Gasteiger partial charge is 0.234 e. The van der Waals surface area contributed by atoms with Crippen molar-refractivity contribution in [3.63, 3.8) is 0 Å². The van der Waals surface area contributed by atoms with Gasteiger partial charge in [0.15, 0.2) is 11.0 Å². The highest BCUT2D eigenvalue weighted by Gasteiger charge is 2.17. The van der Waals surface area contributed by atoms with Crippen molar-refractivity contribution in [2.24, 2.45) is 0 Å². The summed E-state index contributed by atoms with van der Waals surface area (Å²) in [6, 6.07) is 28.3. The van der Waals surface area contributed by atoms with Gasteiger partial charge in [0, 0.05) is 29.3 Å². The van der Waals surface area contributed by atoms with E-state index in [9.17, 15) is 4.79 Å². The van der Waals surface area contributed by atoms with E-state index in [1.165, 1.54) is 11.8 Å². The van der Waals surface area contributed by atoms with Gasteiger partial charge in [0.05, 0.1) is 12.4 Å². The lowest BCUT2D eigenvalue weighted by Gasteiger charge is -2.12. The number of ether oxygens (including phenoxy) is 2. The lowest BCUT2D eigenvalue weighted by atomic mass is 10.2. The fourth-order valence-electron chi connectivity index (χ4n) is 3.70. The van der Waals surface area contributed by atoms with Gasteiger partial charge in [-0.2, -0.15) is 0 Å². The van der Waals surface area contributed by atoms with Crippen molar-refractivity contribution in [1.29, 1.82) is 0 Å². The molecule has 0 bridgehead atoms. The minimum absolute atomic E-state index is 0.154. The fourth-order valence-corrected chi connectivity index (χ4v) is 4.45. The zero-order chi connectivity index (χ0) is 26.2. The molecule has 0 saturated heterocycles. The Morgan fingerprint density at radius 3 is 2.24 bits per heavy atom. The molecular formula is C29H25N5O3S. The van der Waals surface area contributed by atoms with Crippen molar-refractivity contribution in [2.45, 2.75) is 12.1 Å². The van der Waals surface area contributed by atoms with Crippen molar-refractivity contribution in [1.82, 2.24) is 19.7 Å². The van der Waals surface area contributed by atoms with Crippen molar-refractivity contribution in [2.75, 3.05) is 17.7 Å². The number of hydrogen-bond acceptors (Lipinski definition) is 7. The zero-order valence-electron chi connectivity index (χ0n) is 20.7. The second-order valence-corrected chi connectivity index (χ2v) is 9.02. The molecule has 9 heteroatoms. The molecule has 0 radical (unpaired) electrons. The van der Waals surface area contributed by atoms with Crippen LogP contribution in [0.5, 0.6) is 17.2 Å². The molecule has 0 aliphatic carbocycles. The quantitative estimate of drug-likeness (QED) is 0.216. The third-order valence-electron chi connectivity index (χ3n) is 5.43. The van der Waals surface area contributed by atoms with Crippen LogP contribution in [0.3, 0.4) is 0 Å². The van der Waals surface area contributed by atoms with Crippen molar-refractivity contribution >= 4 is 23.4 Å². The Labute approximate surface area is 224 Å². The number of amides is 1. The second-order valence-electron chi connectivity index (χ2n) is 8.08. The molecule has 2 heterocycles. The molecule has 2 aromatic heterocycles. The van der Waals surface area contributed by atoms with Crippen LogP contribution >= 0.6 is 11.8 Å². The number of pyridine rings is 1. The van der Waals surface area contributed by atoms with Crippen molar-refractivity contribution in [3.8, 4) is 34.3 Å². The van der Waals surface area contributed by atoms with Crippen LogP contribution in [0.15, 0.2) is 109 Å². The van der Waals surface area contributed by atoms with E-state index in [0.717, 1.165) is 22.7 Å². The van der Waals surface area contributed by atoms with E-state index in [1.54, 1.807) is 12.4 Å². The molecule has 0 unspecified atom stereocenters. The molecule has 5 rings (SSSR count). The summed E-state index contributed by atoms with van der Waals surface area (Å²) in [6.45, 7) is 2.54. The molecule has 5 aromatic rings. The van der Waals surface area contributed by atoms with E-state index in [2.05, 4.69) is 20.5 Å². The summed E-state index contributed by atoms with van der Waals surface area (Å²) in [6.07, 6.45) is 3.42. The first-order valence-electron chi connectivity index (χ1n) is 12.0. The van der Waals surface area contributed by atoms with E-state index < -0.39 is 0 Å². The normalized spacial score (nSPS) is 10.7. The Balaban J connectivity index is 1.28. The largest absolute Gasteiger partial charge is 0.494 e. The Morgan fingerprint density at radius 1 is 0.842 bits per heavy atom. The van der Waals surface area contributed by atoms with Crippen LogP contribution in [0.4, 0.5) is 5.69 Å². The molecule has 0 aliphatic heterocycles. The van der Waals surface area contributed by atoms with E-state index in [-0.39, 0.29) is 11.7 Å². The molecule has 38 heavy (non-hydrogen) atoms. The Bertz CT molecular complexity index is 1470. The number of benzene rings is 3. The van der Waals surface area contributed by atoms with Gasteiger partial charge in [0.2, 0.25) is 5.91 Å². The zero-order valence-corrected chi connectivity index (χ0v) is 21.5. The van der Waals surface area contributed by atoms with Crippen LogP contribution in [-0.4, -0.2) is 38.0 Å². The Morgan fingerprint density at radius 2 is 1.53 bits per heavy atom. The molecule has 3 aromatic carbocycles. The van der Waals surface area contributed by atoms with Gasteiger partial charge >= 0.3 is 0 Å². The third-order valence-corrected chi connectivity index (χ3v) is 6.36. The average molecular weight is 524 g/mol. The van der Waals surface area contributed by atoms with E-state index >= 15 is 0 Å². The van der Waals surface area contributed by atoms with Gasteiger partial charge in [0.1, 0.15) is 17.2 Å². The van der Waals surface area contributed by atoms with Crippen LogP contribution in [0.25, 0.3) is 17.1 Å². The summed E-state index contributed by atoms with van der Waals surface area (Å²) in [5, 5.41) is 12.3. The van der Waals surface area contributed by atoms with Crippen LogP contribution in [0.1, 0.15) is 6.92 Å². The standard InChI is InChI=1S/C29H25N5O3S/c1-2-36-24-14-10-23(11-15-24)34-28(21-16-18-30-19-17-21)32-33-29(34)38-20-27(35)31-22-8-12-26(13-9-22)37-25-6-4-3-5-7-25/h3-19H,2,20H2,1H3,(H,31,35). The van der Waals surface area contributed by atoms with Gasteiger partial charge in [0.25, 0.3) is 0 Å². The van der Waals surface area contributed by atoms with Gasteiger partial charge in [-0.1, -0.05) is 30.0 Å². The first-order valence-corrected chi connectivity index (χ1v) is 13.0. The first-order chi connectivity index (χ1) is 18.7. The molecule has 0 fully saturated rings. The first kappa shape index (κ1) is 25.0. The van der Waals surface area contributed by atoms with Gasteiger partial charge in [-0.15, -0.1) is 10.2 Å². The van der Waals surface area contributed by atoms with Crippen LogP contribution in [-0.2, 0) is 4.79 Å². The number of thioether (sulfide) groups is 1. The van der Waals surface area contributed by atoms with E-state index in [1.807, 2.05) is 102 Å². The average Bonchev–Trinajstić information content (AvgIpc) is 3.39. The number of carbonyl (C=O) groups is 1. The van der Waals surface area contributed by atoms with Crippen LogP contribution < -0.4 is 14.8 Å². The number of nitrogens with zero attached hydrogens (tertiary/aromatic N) is 4. The lowest BCUT2D eigenvalue weighted by Crippen LogP contribution is -2.14.